The van der Waals surface area contributed by atoms with Crippen LogP contribution in [-0.2, 0) is 47.4 Å². The standard InChI is InChI=1S/C26H36N6O12S/c1-25(7-9-41-21(25)35)19(31-13-3-5-15(17(27)33)29(11-13)23(31)37)43-45(39,40)44-20(26(2)8-10-42-22(26)36)32-14-4-6-16(18(28)34)30(12-14)24(32)38/h13-16,19-20H,3-12H2,1-2H3,(H2,27,33)(H2,28,34). The fourth-order valence-corrected chi connectivity index (χ4v) is 8.53. The highest BCUT2D eigenvalue weighted by Crippen LogP contribution is 2.45. The Balaban J connectivity index is 1.35. The number of carbonyl (C=O) groups excluding carboxylic acids is 6. The number of ether oxygens (including phenoxy) is 2. The van der Waals surface area contributed by atoms with Gasteiger partial charge in [0, 0.05) is 25.9 Å². The summed E-state index contributed by atoms with van der Waals surface area (Å²) >= 11 is 0. The number of urea groups is 2. The molecule has 0 saturated carbocycles. The highest BCUT2D eigenvalue weighted by atomic mass is 32.3. The minimum atomic E-state index is -5.24. The third kappa shape index (κ3) is 4.86. The molecule has 8 unspecified atom stereocenters. The lowest BCUT2D eigenvalue weighted by Gasteiger charge is -2.40. The molecule has 45 heavy (non-hydrogen) atoms. The Morgan fingerprint density at radius 2 is 1.13 bits per heavy atom. The number of hydrogen-bond donors (Lipinski definition) is 2. The zero-order valence-corrected chi connectivity index (χ0v) is 25.6. The third-order valence-electron chi connectivity index (χ3n) is 10.1. The molecule has 6 amide bonds. The summed E-state index contributed by atoms with van der Waals surface area (Å²) in [7, 11) is -5.24. The number of primary amides is 2. The number of hydrogen-bond acceptors (Lipinski definition) is 12. The largest absolute Gasteiger partial charge is 0.465 e. The van der Waals surface area contributed by atoms with E-state index in [9.17, 15) is 37.2 Å². The first-order valence-corrected chi connectivity index (χ1v) is 16.1. The molecule has 4 bridgehead atoms. The number of amides is 6. The third-order valence-corrected chi connectivity index (χ3v) is 11.0. The van der Waals surface area contributed by atoms with Crippen molar-refractivity contribution >= 4 is 46.2 Å². The molecule has 6 heterocycles. The number of carbonyl (C=O) groups is 6. The average Bonchev–Trinajstić information content (AvgIpc) is 3.65. The van der Waals surface area contributed by atoms with E-state index in [1.54, 1.807) is 0 Å². The first kappa shape index (κ1) is 31.3. The molecule has 0 aromatic heterocycles. The van der Waals surface area contributed by atoms with Gasteiger partial charge >= 0.3 is 34.4 Å². The second-order valence-corrected chi connectivity index (χ2v) is 14.1. The van der Waals surface area contributed by atoms with Crippen molar-refractivity contribution in [2.45, 2.75) is 89.0 Å². The number of fused-ring (bicyclic) bond motifs is 4. The summed E-state index contributed by atoms with van der Waals surface area (Å²) in [5, 5.41) is 0. The first-order valence-electron chi connectivity index (χ1n) is 14.8. The Kier molecular flexibility index (Phi) is 7.43. The number of rotatable bonds is 10. The van der Waals surface area contributed by atoms with Crippen LogP contribution in [0.1, 0.15) is 52.4 Å². The summed E-state index contributed by atoms with van der Waals surface area (Å²) in [6.07, 6.45) is -2.56. The van der Waals surface area contributed by atoms with Crippen molar-refractivity contribution in [1.29, 1.82) is 0 Å². The van der Waals surface area contributed by atoms with Gasteiger partial charge in [0.25, 0.3) is 0 Å². The quantitative estimate of drug-likeness (QED) is 0.251. The van der Waals surface area contributed by atoms with E-state index < -0.39 is 93.7 Å². The molecule has 0 aliphatic carbocycles. The summed E-state index contributed by atoms with van der Waals surface area (Å²) in [4.78, 5) is 82.1. The van der Waals surface area contributed by atoms with Crippen molar-refractivity contribution in [3.8, 4) is 0 Å². The Hall–Kier alpha value is -3.71. The zero-order chi connectivity index (χ0) is 32.6. The SMILES string of the molecule is CC1(C(OS(=O)(=O)OC(N2C(=O)N3CC2CCC3C(N)=O)C2(C)CCOC2=O)N2C(=O)N3CC2CCC3C(N)=O)CCOC1=O. The van der Waals surface area contributed by atoms with E-state index in [0.717, 1.165) is 9.80 Å². The Morgan fingerprint density at radius 3 is 1.44 bits per heavy atom. The van der Waals surface area contributed by atoms with Crippen LogP contribution in [-0.4, -0.2) is 127 Å². The molecule has 0 aromatic carbocycles. The molecule has 6 aliphatic rings. The Labute approximate surface area is 258 Å². The lowest BCUT2D eigenvalue weighted by atomic mass is 9.85. The van der Waals surface area contributed by atoms with Crippen molar-refractivity contribution in [2.24, 2.45) is 22.3 Å². The topological polar surface area (TPSA) is 238 Å². The van der Waals surface area contributed by atoms with E-state index in [0.29, 0.717) is 0 Å². The summed E-state index contributed by atoms with van der Waals surface area (Å²) in [5.41, 5.74) is 7.68. The van der Waals surface area contributed by atoms with Gasteiger partial charge in [-0.3, -0.25) is 29.0 Å². The van der Waals surface area contributed by atoms with E-state index in [-0.39, 0.29) is 64.8 Å². The van der Waals surface area contributed by atoms with Crippen LogP contribution in [0.5, 0.6) is 0 Å². The molecule has 6 aliphatic heterocycles. The molecule has 19 heteroatoms. The maximum atomic E-state index is 13.9. The van der Waals surface area contributed by atoms with E-state index in [4.69, 9.17) is 29.3 Å². The van der Waals surface area contributed by atoms with Crippen LogP contribution in [0.4, 0.5) is 9.59 Å². The number of piperidine rings is 2. The lowest BCUT2D eigenvalue weighted by molar-refractivity contribution is -0.157. The van der Waals surface area contributed by atoms with E-state index in [1.807, 2.05) is 0 Å². The molecule has 4 N–H and O–H groups in total. The van der Waals surface area contributed by atoms with Gasteiger partial charge in [-0.15, -0.1) is 0 Å². The molecule has 0 radical (unpaired) electrons. The van der Waals surface area contributed by atoms with Crippen molar-refractivity contribution < 1.29 is 55.0 Å². The molecule has 6 fully saturated rings. The number of esters is 2. The van der Waals surface area contributed by atoms with Gasteiger partial charge in [0.2, 0.25) is 11.8 Å². The molecule has 6 saturated heterocycles. The van der Waals surface area contributed by atoms with Crippen molar-refractivity contribution in [3.63, 3.8) is 0 Å². The lowest BCUT2D eigenvalue weighted by Crippen LogP contribution is -2.57. The molecule has 248 valence electrons. The summed E-state index contributed by atoms with van der Waals surface area (Å²) < 4.78 is 49.4. The van der Waals surface area contributed by atoms with Gasteiger partial charge in [-0.2, -0.15) is 8.42 Å². The zero-order valence-electron chi connectivity index (χ0n) is 24.8. The van der Waals surface area contributed by atoms with Gasteiger partial charge in [-0.25, -0.2) is 18.0 Å². The van der Waals surface area contributed by atoms with E-state index in [2.05, 4.69) is 0 Å². The van der Waals surface area contributed by atoms with Crippen molar-refractivity contribution in [2.75, 3.05) is 26.3 Å². The predicted octanol–water partition coefficient (Wildman–Crippen LogP) is -1.67. The summed E-state index contributed by atoms with van der Waals surface area (Å²) in [6.45, 7) is 2.76. The average molecular weight is 657 g/mol. The van der Waals surface area contributed by atoms with Crippen LogP contribution in [0.25, 0.3) is 0 Å². The highest BCUT2D eigenvalue weighted by molar-refractivity contribution is 7.81. The van der Waals surface area contributed by atoms with Gasteiger partial charge < -0.3 is 30.7 Å². The fraction of sp³-hybridized carbons (Fsp3) is 0.769. The van der Waals surface area contributed by atoms with Crippen LogP contribution in [0, 0.1) is 10.8 Å². The number of cyclic esters (lactones) is 2. The second-order valence-electron chi connectivity index (χ2n) is 12.9. The highest BCUT2D eigenvalue weighted by Gasteiger charge is 2.62. The maximum Gasteiger partial charge on any atom is 0.403 e. The first-order chi connectivity index (χ1) is 21.1. The van der Waals surface area contributed by atoms with Crippen molar-refractivity contribution in [3.05, 3.63) is 0 Å². The van der Waals surface area contributed by atoms with Crippen LogP contribution < -0.4 is 11.5 Å². The predicted molar refractivity (Wildman–Crippen MR) is 146 cm³/mol. The molecular formula is C26H36N6O12S. The van der Waals surface area contributed by atoms with E-state index in [1.165, 1.54) is 23.6 Å². The second kappa shape index (κ2) is 10.7. The number of nitrogens with two attached hydrogens (primary N) is 2. The monoisotopic (exact) mass is 656 g/mol. The fourth-order valence-electron chi connectivity index (χ4n) is 7.42. The Bertz CT molecular complexity index is 1360. The van der Waals surface area contributed by atoms with Crippen molar-refractivity contribution in [1.82, 2.24) is 19.6 Å². The molecule has 0 spiro atoms. The number of nitrogens with zero attached hydrogens (tertiary/aromatic N) is 4. The van der Waals surface area contributed by atoms with Crippen LogP contribution >= 0.6 is 0 Å². The molecular weight excluding hydrogens is 620 g/mol. The van der Waals surface area contributed by atoms with E-state index >= 15 is 0 Å². The van der Waals surface area contributed by atoms with Gasteiger partial charge in [0.1, 0.15) is 22.9 Å². The molecule has 8 atom stereocenters. The smallest absolute Gasteiger partial charge is 0.403 e. The maximum absolute atomic E-state index is 13.9. The van der Waals surface area contributed by atoms with Crippen LogP contribution in [0.15, 0.2) is 0 Å². The molecule has 18 nitrogen and oxygen atoms in total. The van der Waals surface area contributed by atoms with Gasteiger partial charge in [-0.1, -0.05) is 0 Å². The molecule has 0 aromatic rings. The molecule has 6 rings (SSSR count). The minimum Gasteiger partial charge on any atom is -0.465 e. The van der Waals surface area contributed by atoms with Crippen LogP contribution in [0.3, 0.4) is 0 Å². The van der Waals surface area contributed by atoms with Gasteiger partial charge in [0.05, 0.1) is 25.3 Å². The minimum absolute atomic E-state index is 0.00854. The summed E-state index contributed by atoms with van der Waals surface area (Å²) in [5.74, 6) is -3.07. The normalized spacial score (nSPS) is 36.0. The van der Waals surface area contributed by atoms with Gasteiger partial charge in [0.15, 0.2) is 12.5 Å². The van der Waals surface area contributed by atoms with Crippen LogP contribution in [0.2, 0.25) is 0 Å². The Morgan fingerprint density at radius 1 is 0.756 bits per heavy atom. The summed E-state index contributed by atoms with van der Waals surface area (Å²) in [6, 6.07) is -4.61. The van der Waals surface area contributed by atoms with Gasteiger partial charge in [-0.05, 0) is 39.5 Å².